The van der Waals surface area contributed by atoms with E-state index in [1.807, 2.05) is 49.4 Å². The van der Waals surface area contributed by atoms with Crippen LogP contribution in [-0.4, -0.2) is 17.8 Å². The van der Waals surface area contributed by atoms with Crippen LogP contribution < -0.4 is 4.74 Å². The van der Waals surface area contributed by atoms with Crippen LogP contribution in [-0.2, 0) is 9.53 Å². The Balaban J connectivity index is 1.49. The average Bonchev–Trinajstić information content (AvgIpc) is 3.11. The van der Waals surface area contributed by atoms with Crippen LogP contribution in [0, 0.1) is 6.92 Å². The zero-order valence-corrected chi connectivity index (χ0v) is 15.7. The maximum atomic E-state index is 12.3. The molecular weight excluding hydrogens is 366 g/mol. The van der Waals surface area contributed by atoms with Gasteiger partial charge in [-0.25, -0.2) is 14.6 Å². The molecule has 142 valence electrons. The molecule has 0 N–H and O–H groups in total. The summed E-state index contributed by atoms with van der Waals surface area (Å²) < 4.78 is 10.7. The van der Waals surface area contributed by atoms with Gasteiger partial charge in [0.1, 0.15) is 5.75 Å². The lowest BCUT2D eigenvalue weighted by Gasteiger charge is -2.06. The molecule has 0 bridgehead atoms. The Kier molecular flexibility index (Phi) is 5.03. The fourth-order valence-corrected chi connectivity index (χ4v) is 2.87. The SMILES string of the molecule is Cc1ccccc1C(=O)Oc1ccc(C=C2N=C(c3ccccc3)OC2=O)cc1. The van der Waals surface area contributed by atoms with E-state index in [0.717, 1.165) is 16.7 Å². The monoisotopic (exact) mass is 383 g/mol. The zero-order valence-electron chi connectivity index (χ0n) is 15.7. The van der Waals surface area contributed by atoms with Crippen LogP contribution in [0.25, 0.3) is 6.08 Å². The van der Waals surface area contributed by atoms with Gasteiger partial charge in [-0.15, -0.1) is 0 Å². The summed E-state index contributed by atoms with van der Waals surface area (Å²) in [6.07, 6.45) is 1.63. The van der Waals surface area contributed by atoms with E-state index in [9.17, 15) is 9.59 Å². The van der Waals surface area contributed by atoms with Gasteiger partial charge in [0.25, 0.3) is 0 Å². The highest BCUT2D eigenvalue weighted by Gasteiger charge is 2.23. The van der Waals surface area contributed by atoms with Crippen molar-refractivity contribution in [3.05, 3.63) is 107 Å². The zero-order chi connectivity index (χ0) is 20.2. The van der Waals surface area contributed by atoms with E-state index in [2.05, 4.69) is 4.99 Å². The number of nitrogens with zero attached hydrogens (tertiary/aromatic N) is 1. The van der Waals surface area contributed by atoms with Crippen LogP contribution in [0.5, 0.6) is 5.75 Å². The number of benzene rings is 3. The first kappa shape index (κ1) is 18.4. The van der Waals surface area contributed by atoms with Crippen LogP contribution in [0.4, 0.5) is 0 Å². The molecule has 5 heteroatoms. The molecule has 0 aliphatic carbocycles. The summed E-state index contributed by atoms with van der Waals surface area (Å²) in [5.74, 6) is -0.210. The van der Waals surface area contributed by atoms with Crippen LogP contribution >= 0.6 is 0 Å². The van der Waals surface area contributed by atoms with Gasteiger partial charge in [-0.3, -0.25) is 0 Å². The number of aryl methyl sites for hydroxylation is 1. The Morgan fingerprint density at radius 3 is 2.34 bits per heavy atom. The highest BCUT2D eigenvalue weighted by molar-refractivity contribution is 6.12. The van der Waals surface area contributed by atoms with Gasteiger partial charge in [-0.05, 0) is 54.5 Å². The molecule has 0 aromatic heterocycles. The molecule has 0 saturated carbocycles. The largest absolute Gasteiger partial charge is 0.423 e. The number of rotatable bonds is 4. The fraction of sp³-hybridized carbons (Fsp3) is 0.0417. The maximum absolute atomic E-state index is 12.3. The van der Waals surface area contributed by atoms with Crippen molar-refractivity contribution in [3.8, 4) is 5.75 Å². The fourth-order valence-electron chi connectivity index (χ4n) is 2.87. The third-order valence-corrected chi connectivity index (χ3v) is 4.40. The lowest BCUT2D eigenvalue weighted by molar-refractivity contribution is -0.129. The van der Waals surface area contributed by atoms with Gasteiger partial charge in [0.15, 0.2) is 5.70 Å². The van der Waals surface area contributed by atoms with E-state index in [1.54, 1.807) is 42.5 Å². The number of esters is 2. The molecule has 3 aromatic carbocycles. The van der Waals surface area contributed by atoms with E-state index in [1.165, 1.54) is 0 Å². The van der Waals surface area contributed by atoms with E-state index < -0.39 is 11.9 Å². The number of aliphatic imine (C=N–C) groups is 1. The quantitative estimate of drug-likeness (QED) is 0.376. The average molecular weight is 383 g/mol. The second kappa shape index (κ2) is 7.94. The topological polar surface area (TPSA) is 65.0 Å². The van der Waals surface area contributed by atoms with E-state index in [4.69, 9.17) is 9.47 Å². The summed E-state index contributed by atoms with van der Waals surface area (Å²) in [6.45, 7) is 1.86. The van der Waals surface area contributed by atoms with Crippen molar-refractivity contribution in [1.29, 1.82) is 0 Å². The summed E-state index contributed by atoms with van der Waals surface area (Å²) in [7, 11) is 0. The predicted molar refractivity (Wildman–Crippen MR) is 110 cm³/mol. The van der Waals surface area contributed by atoms with Crippen molar-refractivity contribution in [2.75, 3.05) is 0 Å². The number of cyclic esters (lactones) is 1. The minimum absolute atomic E-state index is 0.216. The van der Waals surface area contributed by atoms with Crippen LogP contribution in [0.15, 0.2) is 89.6 Å². The minimum Gasteiger partial charge on any atom is -0.423 e. The van der Waals surface area contributed by atoms with E-state index in [0.29, 0.717) is 11.3 Å². The van der Waals surface area contributed by atoms with Gasteiger partial charge in [0.05, 0.1) is 5.56 Å². The Labute approximate surface area is 167 Å². The van der Waals surface area contributed by atoms with Gasteiger partial charge in [-0.1, -0.05) is 48.5 Å². The number of hydrogen-bond acceptors (Lipinski definition) is 5. The molecule has 0 fully saturated rings. The van der Waals surface area contributed by atoms with Crippen molar-refractivity contribution in [1.82, 2.24) is 0 Å². The molecule has 0 unspecified atom stereocenters. The van der Waals surface area contributed by atoms with Crippen molar-refractivity contribution in [2.45, 2.75) is 6.92 Å². The van der Waals surface area contributed by atoms with Gasteiger partial charge in [0, 0.05) is 5.56 Å². The van der Waals surface area contributed by atoms with E-state index in [-0.39, 0.29) is 11.6 Å². The maximum Gasteiger partial charge on any atom is 0.363 e. The molecule has 0 saturated heterocycles. The summed E-state index contributed by atoms with van der Waals surface area (Å²) >= 11 is 0. The van der Waals surface area contributed by atoms with Gasteiger partial charge < -0.3 is 9.47 Å². The first-order chi connectivity index (χ1) is 14.1. The normalized spacial score (nSPS) is 14.4. The van der Waals surface area contributed by atoms with E-state index >= 15 is 0 Å². The Morgan fingerprint density at radius 2 is 1.62 bits per heavy atom. The predicted octanol–water partition coefficient (Wildman–Crippen LogP) is 4.56. The van der Waals surface area contributed by atoms with Crippen molar-refractivity contribution >= 4 is 23.9 Å². The number of hydrogen-bond donors (Lipinski definition) is 0. The Morgan fingerprint density at radius 1 is 0.931 bits per heavy atom. The molecule has 4 rings (SSSR count). The molecule has 3 aromatic rings. The third-order valence-electron chi connectivity index (χ3n) is 4.40. The van der Waals surface area contributed by atoms with Gasteiger partial charge >= 0.3 is 11.9 Å². The number of ether oxygens (including phenoxy) is 2. The van der Waals surface area contributed by atoms with Gasteiger partial charge in [0.2, 0.25) is 5.90 Å². The molecule has 1 aliphatic heterocycles. The second-order valence-corrected chi connectivity index (χ2v) is 6.48. The molecule has 29 heavy (non-hydrogen) atoms. The molecule has 0 spiro atoms. The summed E-state index contributed by atoms with van der Waals surface area (Å²) in [5, 5.41) is 0. The number of carbonyl (C=O) groups excluding carboxylic acids is 2. The Hall–Kier alpha value is -3.99. The molecule has 1 aliphatic rings. The smallest absolute Gasteiger partial charge is 0.363 e. The Bertz CT molecular complexity index is 1130. The molecule has 5 nitrogen and oxygen atoms in total. The van der Waals surface area contributed by atoms with Crippen molar-refractivity contribution in [2.24, 2.45) is 4.99 Å². The molecule has 1 heterocycles. The van der Waals surface area contributed by atoms with Crippen molar-refractivity contribution in [3.63, 3.8) is 0 Å². The lowest BCUT2D eigenvalue weighted by atomic mass is 10.1. The van der Waals surface area contributed by atoms with Crippen LogP contribution in [0.2, 0.25) is 0 Å². The lowest BCUT2D eigenvalue weighted by Crippen LogP contribution is -2.09. The highest BCUT2D eigenvalue weighted by atomic mass is 16.6. The van der Waals surface area contributed by atoms with Crippen molar-refractivity contribution < 1.29 is 19.1 Å². The van der Waals surface area contributed by atoms with Crippen LogP contribution in [0.1, 0.15) is 27.0 Å². The first-order valence-corrected chi connectivity index (χ1v) is 9.06. The highest BCUT2D eigenvalue weighted by Crippen LogP contribution is 2.21. The molecular formula is C24H17NO4. The molecule has 0 radical (unpaired) electrons. The summed E-state index contributed by atoms with van der Waals surface area (Å²) in [6, 6.07) is 23.3. The standard InChI is InChI=1S/C24H17NO4/c1-16-7-5-6-10-20(16)23(26)28-19-13-11-17(12-14-19)15-21-24(27)29-22(25-21)18-8-3-2-4-9-18/h2-15H,1H3. The summed E-state index contributed by atoms with van der Waals surface area (Å²) in [5.41, 5.74) is 3.07. The first-order valence-electron chi connectivity index (χ1n) is 9.06. The molecule has 0 atom stereocenters. The van der Waals surface area contributed by atoms with Crippen LogP contribution in [0.3, 0.4) is 0 Å². The second-order valence-electron chi connectivity index (χ2n) is 6.48. The molecule has 0 amide bonds. The van der Waals surface area contributed by atoms with Gasteiger partial charge in [-0.2, -0.15) is 0 Å². The summed E-state index contributed by atoms with van der Waals surface area (Å²) in [4.78, 5) is 28.7. The minimum atomic E-state index is -0.501. The third kappa shape index (κ3) is 4.14. The number of carbonyl (C=O) groups is 2.